The lowest BCUT2D eigenvalue weighted by molar-refractivity contribution is 0.0985. The SMILES string of the molecule is CCN(C(=O)c1cc(Cl)ccc1O)c1ccc(O)cc1. The minimum absolute atomic E-state index is 0.114. The number of benzene rings is 2. The van der Waals surface area contributed by atoms with Crippen molar-refractivity contribution in [3.8, 4) is 11.5 Å². The van der Waals surface area contributed by atoms with Gasteiger partial charge in [-0.2, -0.15) is 0 Å². The molecule has 0 aliphatic rings. The Kier molecular flexibility index (Phi) is 4.15. The lowest BCUT2D eigenvalue weighted by atomic mass is 10.1. The van der Waals surface area contributed by atoms with Crippen LogP contribution in [0.4, 0.5) is 5.69 Å². The van der Waals surface area contributed by atoms with Gasteiger partial charge in [0.25, 0.3) is 5.91 Å². The molecular formula is C15H14ClNO3. The minimum Gasteiger partial charge on any atom is -0.508 e. The molecule has 0 aliphatic heterocycles. The van der Waals surface area contributed by atoms with E-state index in [2.05, 4.69) is 0 Å². The van der Waals surface area contributed by atoms with Crippen LogP contribution in [0.1, 0.15) is 17.3 Å². The molecule has 0 saturated heterocycles. The summed E-state index contributed by atoms with van der Waals surface area (Å²) in [5, 5.41) is 19.5. The maximum Gasteiger partial charge on any atom is 0.262 e. The number of carbonyl (C=O) groups excluding carboxylic acids is 1. The van der Waals surface area contributed by atoms with Crippen LogP contribution in [0.5, 0.6) is 11.5 Å². The van der Waals surface area contributed by atoms with Crippen molar-refractivity contribution in [2.75, 3.05) is 11.4 Å². The molecule has 0 bridgehead atoms. The Morgan fingerprint density at radius 3 is 2.40 bits per heavy atom. The van der Waals surface area contributed by atoms with Gasteiger partial charge in [0.15, 0.2) is 0 Å². The predicted octanol–water partition coefficient (Wildman–Crippen LogP) is 3.42. The summed E-state index contributed by atoms with van der Waals surface area (Å²) in [5.74, 6) is -0.335. The standard InChI is InChI=1S/C15H14ClNO3/c1-2-17(11-4-6-12(18)7-5-11)15(20)13-9-10(16)3-8-14(13)19/h3-9,18-19H,2H2,1H3. The maximum atomic E-state index is 12.5. The van der Waals surface area contributed by atoms with Crippen LogP contribution in [0.2, 0.25) is 5.02 Å². The zero-order valence-corrected chi connectivity index (χ0v) is 11.6. The number of hydrogen-bond donors (Lipinski definition) is 2. The smallest absolute Gasteiger partial charge is 0.262 e. The third-order valence-corrected chi connectivity index (χ3v) is 3.15. The number of phenols is 2. The van der Waals surface area contributed by atoms with E-state index in [1.54, 1.807) is 12.1 Å². The number of carbonyl (C=O) groups is 1. The molecule has 2 aromatic rings. The Balaban J connectivity index is 2.38. The molecule has 0 aromatic heterocycles. The summed E-state index contributed by atoms with van der Waals surface area (Å²) in [6.45, 7) is 2.25. The number of amides is 1. The van der Waals surface area contributed by atoms with Crippen LogP contribution < -0.4 is 4.90 Å². The number of hydrogen-bond acceptors (Lipinski definition) is 3. The molecule has 0 aliphatic carbocycles. The fourth-order valence-corrected chi connectivity index (χ4v) is 2.07. The largest absolute Gasteiger partial charge is 0.508 e. The number of nitrogens with zero attached hydrogens (tertiary/aromatic N) is 1. The van der Waals surface area contributed by atoms with E-state index in [1.165, 1.54) is 35.2 Å². The highest BCUT2D eigenvalue weighted by Crippen LogP contribution is 2.26. The van der Waals surface area contributed by atoms with Crippen LogP contribution in [0.3, 0.4) is 0 Å². The lowest BCUT2D eigenvalue weighted by Crippen LogP contribution is -2.30. The van der Waals surface area contributed by atoms with Crippen LogP contribution in [0.25, 0.3) is 0 Å². The van der Waals surface area contributed by atoms with Crippen molar-refractivity contribution < 1.29 is 15.0 Å². The number of anilines is 1. The van der Waals surface area contributed by atoms with E-state index < -0.39 is 0 Å². The molecule has 2 rings (SSSR count). The van der Waals surface area contributed by atoms with E-state index in [9.17, 15) is 15.0 Å². The van der Waals surface area contributed by atoms with Crippen LogP contribution >= 0.6 is 11.6 Å². The normalized spacial score (nSPS) is 10.3. The predicted molar refractivity (Wildman–Crippen MR) is 78.6 cm³/mol. The van der Waals surface area contributed by atoms with Crippen molar-refractivity contribution in [2.45, 2.75) is 6.92 Å². The second-order valence-corrected chi connectivity index (χ2v) is 4.66. The molecule has 0 saturated carbocycles. The van der Waals surface area contributed by atoms with Gasteiger partial charge in [-0.3, -0.25) is 4.79 Å². The topological polar surface area (TPSA) is 60.8 Å². The summed E-state index contributed by atoms with van der Waals surface area (Å²) in [6.07, 6.45) is 0. The van der Waals surface area contributed by atoms with Crippen molar-refractivity contribution in [1.82, 2.24) is 0 Å². The summed E-state index contributed by atoms with van der Waals surface area (Å²) >= 11 is 5.86. The van der Waals surface area contributed by atoms with E-state index >= 15 is 0 Å². The second kappa shape index (κ2) is 5.84. The number of aromatic hydroxyl groups is 2. The molecule has 4 nitrogen and oxygen atoms in total. The summed E-state index contributed by atoms with van der Waals surface area (Å²) in [4.78, 5) is 14.0. The van der Waals surface area contributed by atoms with Crippen molar-refractivity contribution in [1.29, 1.82) is 0 Å². The van der Waals surface area contributed by atoms with Gasteiger partial charge in [0, 0.05) is 17.3 Å². The third kappa shape index (κ3) is 2.86. The minimum atomic E-state index is -0.349. The van der Waals surface area contributed by atoms with E-state index in [1.807, 2.05) is 6.92 Å². The van der Waals surface area contributed by atoms with E-state index in [0.29, 0.717) is 17.3 Å². The van der Waals surface area contributed by atoms with E-state index in [-0.39, 0.29) is 23.0 Å². The van der Waals surface area contributed by atoms with Gasteiger partial charge in [0.2, 0.25) is 0 Å². The van der Waals surface area contributed by atoms with E-state index in [4.69, 9.17) is 11.6 Å². The number of phenolic OH excluding ortho intramolecular Hbond substituents is 2. The fourth-order valence-electron chi connectivity index (χ4n) is 1.90. The summed E-state index contributed by atoms with van der Waals surface area (Å²) < 4.78 is 0. The molecule has 0 spiro atoms. The summed E-state index contributed by atoms with van der Waals surface area (Å²) in [6, 6.07) is 10.6. The number of rotatable bonds is 3. The van der Waals surface area contributed by atoms with E-state index in [0.717, 1.165) is 0 Å². The molecule has 0 heterocycles. The van der Waals surface area contributed by atoms with Crippen molar-refractivity contribution in [3.63, 3.8) is 0 Å². The van der Waals surface area contributed by atoms with Gasteiger partial charge < -0.3 is 15.1 Å². The monoisotopic (exact) mass is 291 g/mol. The van der Waals surface area contributed by atoms with Crippen molar-refractivity contribution in [3.05, 3.63) is 53.1 Å². The van der Waals surface area contributed by atoms with Gasteiger partial charge in [-0.05, 0) is 49.4 Å². The average Bonchev–Trinajstić information content (AvgIpc) is 2.44. The zero-order chi connectivity index (χ0) is 14.7. The quantitative estimate of drug-likeness (QED) is 0.911. The molecule has 0 unspecified atom stereocenters. The lowest BCUT2D eigenvalue weighted by Gasteiger charge is -2.21. The Hall–Kier alpha value is -2.20. The molecule has 0 atom stereocenters. The maximum absolute atomic E-state index is 12.5. The zero-order valence-electron chi connectivity index (χ0n) is 10.9. The van der Waals surface area contributed by atoms with Crippen molar-refractivity contribution >= 4 is 23.2 Å². The summed E-state index contributed by atoms with van der Waals surface area (Å²) in [7, 11) is 0. The molecular weight excluding hydrogens is 278 g/mol. The fraction of sp³-hybridized carbons (Fsp3) is 0.133. The third-order valence-electron chi connectivity index (χ3n) is 2.91. The Labute approximate surface area is 121 Å². The van der Waals surface area contributed by atoms with Crippen LogP contribution in [0.15, 0.2) is 42.5 Å². The molecule has 0 fully saturated rings. The highest BCUT2D eigenvalue weighted by molar-refractivity contribution is 6.31. The number of halogens is 1. The molecule has 5 heteroatoms. The first-order valence-electron chi connectivity index (χ1n) is 6.12. The average molecular weight is 292 g/mol. The molecule has 2 N–H and O–H groups in total. The van der Waals surface area contributed by atoms with Crippen LogP contribution in [-0.2, 0) is 0 Å². The first-order chi connectivity index (χ1) is 9.52. The highest BCUT2D eigenvalue weighted by atomic mass is 35.5. The van der Waals surface area contributed by atoms with Gasteiger partial charge >= 0.3 is 0 Å². The molecule has 1 amide bonds. The van der Waals surface area contributed by atoms with Gasteiger partial charge in [-0.1, -0.05) is 11.6 Å². The second-order valence-electron chi connectivity index (χ2n) is 4.23. The first kappa shape index (κ1) is 14.2. The Bertz CT molecular complexity index is 626. The Morgan fingerprint density at radius 1 is 1.15 bits per heavy atom. The van der Waals surface area contributed by atoms with Gasteiger partial charge in [-0.15, -0.1) is 0 Å². The van der Waals surface area contributed by atoms with Crippen molar-refractivity contribution in [2.24, 2.45) is 0 Å². The molecule has 0 radical (unpaired) electrons. The van der Waals surface area contributed by atoms with Gasteiger partial charge in [0.05, 0.1) is 5.56 Å². The molecule has 104 valence electrons. The van der Waals surface area contributed by atoms with Gasteiger partial charge in [0.1, 0.15) is 11.5 Å². The highest BCUT2D eigenvalue weighted by Gasteiger charge is 2.19. The van der Waals surface area contributed by atoms with Crippen LogP contribution in [0, 0.1) is 0 Å². The molecule has 20 heavy (non-hydrogen) atoms. The van der Waals surface area contributed by atoms with Crippen LogP contribution in [-0.4, -0.2) is 22.7 Å². The molecule has 2 aromatic carbocycles. The summed E-state index contributed by atoms with van der Waals surface area (Å²) in [5.41, 5.74) is 0.780. The first-order valence-corrected chi connectivity index (χ1v) is 6.50. The Morgan fingerprint density at radius 2 is 1.80 bits per heavy atom. The van der Waals surface area contributed by atoms with Gasteiger partial charge in [-0.25, -0.2) is 0 Å².